The van der Waals surface area contributed by atoms with Crippen LogP contribution >= 0.6 is 0 Å². The molecule has 5 rings (SSSR count). The summed E-state index contributed by atoms with van der Waals surface area (Å²) in [4.78, 5) is 28.1. The zero-order chi connectivity index (χ0) is 20.5. The number of nitrogens with zero attached hydrogens (tertiary/aromatic N) is 5. The van der Waals surface area contributed by atoms with Crippen molar-refractivity contribution in [3.63, 3.8) is 0 Å². The molecule has 0 bridgehead atoms. The van der Waals surface area contributed by atoms with Crippen molar-refractivity contribution in [3.8, 4) is 16.9 Å². The summed E-state index contributed by atoms with van der Waals surface area (Å²) in [5.74, 6) is 0.881. The number of morpholine rings is 1. The van der Waals surface area contributed by atoms with Gasteiger partial charge in [0.25, 0.3) is 5.91 Å². The van der Waals surface area contributed by atoms with Gasteiger partial charge in [0.05, 0.1) is 18.9 Å². The van der Waals surface area contributed by atoms with Gasteiger partial charge >= 0.3 is 0 Å². The van der Waals surface area contributed by atoms with E-state index < -0.39 is 0 Å². The van der Waals surface area contributed by atoms with Crippen LogP contribution in [0.25, 0.3) is 28.1 Å². The van der Waals surface area contributed by atoms with E-state index in [-0.39, 0.29) is 5.91 Å². The fourth-order valence-electron chi connectivity index (χ4n) is 3.77. The van der Waals surface area contributed by atoms with Gasteiger partial charge in [-0.3, -0.25) is 14.3 Å². The molecular formula is C23H21N5O2. The van der Waals surface area contributed by atoms with E-state index in [2.05, 4.69) is 9.97 Å². The third kappa shape index (κ3) is 3.33. The first kappa shape index (κ1) is 18.4. The molecule has 0 unspecified atom stereocenters. The summed E-state index contributed by atoms with van der Waals surface area (Å²) in [6.07, 6.45) is 3.52. The van der Waals surface area contributed by atoms with Gasteiger partial charge in [-0.05, 0) is 55.5 Å². The van der Waals surface area contributed by atoms with Gasteiger partial charge in [0.1, 0.15) is 11.3 Å². The number of carbonyl (C=O) groups is 1. The van der Waals surface area contributed by atoms with Crippen molar-refractivity contribution in [2.45, 2.75) is 6.92 Å². The molecule has 0 radical (unpaired) electrons. The van der Waals surface area contributed by atoms with E-state index in [1.165, 1.54) is 0 Å². The lowest BCUT2D eigenvalue weighted by atomic mass is 10.1. The summed E-state index contributed by atoms with van der Waals surface area (Å²) < 4.78 is 7.35. The van der Waals surface area contributed by atoms with E-state index in [9.17, 15) is 4.79 Å². The number of benzene rings is 1. The molecule has 0 spiro atoms. The predicted octanol–water partition coefficient (Wildman–Crippen LogP) is 3.26. The van der Waals surface area contributed by atoms with Crippen LogP contribution in [0.2, 0.25) is 0 Å². The van der Waals surface area contributed by atoms with Gasteiger partial charge in [-0.1, -0.05) is 0 Å². The molecule has 0 N–H and O–H groups in total. The molecule has 0 saturated carbocycles. The molecule has 7 nitrogen and oxygen atoms in total. The summed E-state index contributed by atoms with van der Waals surface area (Å²) in [6, 6.07) is 15.5. The summed E-state index contributed by atoms with van der Waals surface area (Å²) >= 11 is 0. The number of imidazole rings is 1. The number of aryl methyl sites for hydroxylation is 1. The Morgan fingerprint density at radius 1 is 0.933 bits per heavy atom. The average molecular weight is 399 g/mol. The first-order valence-corrected chi connectivity index (χ1v) is 9.95. The second kappa shape index (κ2) is 7.68. The predicted molar refractivity (Wildman–Crippen MR) is 114 cm³/mol. The van der Waals surface area contributed by atoms with E-state index in [4.69, 9.17) is 9.72 Å². The van der Waals surface area contributed by atoms with Crippen LogP contribution in [0, 0.1) is 6.92 Å². The molecule has 0 atom stereocenters. The lowest BCUT2D eigenvalue weighted by Gasteiger charge is -2.26. The smallest absolute Gasteiger partial charge is 0.254 e. The van der Waals surface area contributed by atoms with E-state index in [1.54, 1.807) is 12.4 Å². The Hall–Kier alpha value is -3.58. The molecule has 30 heavy (non-hydrogen) atoms. The Balaban J connectivity index is 1.51. The van der Waals surface area contributed by atoms with Gasteiger partial charge in [-0.25, -0.2) is 9.97 Å². The number of amides is 1. The Bertz CT molecular complexity index is 1200. The van der Waals surface area contributed by atoms with Gasteiger partial charge in [0.15, 0.2) is 5.65 Å². The van der Waals surface area contributed by atoms with Crippen molar-refractivity contribution >= 4 is 17.1 Å². The molecule has 4 aromatic rings. The summed E-state index contributed by atoms with van der Waals surface area (Å²) in [6.45, 7) is 4.41. The topological polar surface area (TPSA) is 73.1 Å². The molecule has 4 heterocycles. The second-order valence-electron chi connectivity index (χ2n) is 7.22. The molecule has 3 aromatic heterocycles. The molecule has 7 heteroatoms. The molecule has 1 aliphatic heterocycles. The van der Waals surface area contributed by atoms with Crippen LogP contribution in [0.4, 0.5) is 0 Å². The lowest BCUT2D eigenvalue weighted by Crippen LogP contribution is -2.40. The van der Waals surface area contributed by atoms with Crippen LogP contribution in [0.15, 0.2) is 60.9 Å². The fourth-order valence-corrected chi connectivity index (χ4v) is 3.77. The maximum Gasteiger partial charge on any atom is 0.254 e. The van der Waals surface area contributed by atoms with Gasteiger partial charge in [0, 0.05) is 42.3 Å². The van der Waals surface area contributed by atoms with Crippen LogP contribution in [0.5, 0.6) is 0 Å². The first-order valence-electron chi connectivity index (χ1n) is 9.95. The number of hydrogen-bond acceptors (Lipinski definition) is 5. The molecule has 1 fully saturated rings. The number of rotatable bonds is 3. The van der Waals surface area contributed by atoms with Crippen molar-refractivity contribution in [3.05, 3.63) is 72.3 Å². The van der Waals surface area contributed by atoms with Crippen LogP contribution in [0.1, 0.15) is 16.2 Å². The number of carbonyl (C=O) groups excluding carboxylic acids is 1. The van der Waals surface area contributed by atoms with Crippen molar-refractivity contribution in [2.24, 2.45) is 0 Å². The minimum Gasteiger partial charge on any atom is -0.378 e. The van der Waals surface area contributed by atoms with Crippen LogP contribution in [-0.4, -0.2) is 56.6 Å². The van der Waals surface area contributed by atoms with Gasteiger partial charge in [0.2, 0.25) is 0 Å². The highest BCUT2D eigenvalue weighted by atomic mass is 16.5. The quantitative estimate of drug-likeness (QED) is 0.529. The number of ether oxygens (including phenoxy) is 1. The van der Waals surface area contributed by atoms with Crippen molar-refractivity contribution in [1.29, 1.82) is 0 Å². The van der Waals surface area contributed by atoms with Crippen molar-refractivity contribution < 1.29 is 9.53 Å². The molecule has 0 aliphatic carbocycles. The van der Waals surface area contributed by atoms with Gasteiger partial charge in [-0.15, -0.1) is 0 Å². The average Bonchev–Trinajstić information content (AvgIpc) is 3.14. The molecular weight excluding hydrogens is 378 g/mol. The zero-order valence-corrected chi connectivity index (χ0v) is 16.7. The third-order valence-corrected chi connectivity index (χ3v) is 5.32. The molecule has 1 saturated heterocycles. The first-order chi connectivity index (χ1) is 14.7. The minimum atomic E-state index is 0.0372. The maximum absolute atomic E-state index is 12.7. The maximum atomic E-state index is 12.7. The summed E-state index contributed by atoms with van der Waals surface area (Å²) in [5.41, 5.74) is 5.09. The number of hydrogen-bond donors (Lipinski definition) is 0. The molecule has 150 valence electrons. The van der Waals surface area contributed by atoms with Crippen molar-refractivity contribution in [1.82, 2.24) is 24.4 Å². The third-order valence-electron chi connectivity index (χ3n) is 5.32. The fraction of sp³-hybridized carbons (Fsp3) is 0.217. The lowest BCUT2D eigenvalue weighted by molar-refractivity contribution is 0.0303. The molecule has 1 aliphatic rings. The normalized spacial score (nSPS) is 14.2. The van der Waals surface area contributed by atoms with Crippen molar-refractivity contribution in [2.75, 3.05) is 26.3 Å². The minimum absolute atomic E-state index is 0.0372. The Labute approximate surface area is 174 Å². The highest BCUT2D eigenvalue weighted by Crippen LogP contribution is 2.24. The van der Waals surface area contributed by atoms with E-state index in [0.717, 1.165) is 33.9 Å². The number of fused-ring (bicyclic) bond motifs is 1. The molecule has 1 amide bonds. The highest BCUT2D eigenvalue weighted by molar-refractivity contribution is 5.94. The molecule has 1 aromatic carbocycles. The Kier molecular flexibility index (Phi) is 4.72. The zero-order valence-electron chi connectivity index (χ0n) is 16.7. The summed E-state index contributed by atoms with van der Waals surface area (Å²) in [7, 11) is 0. The van der Waals surface area contributed by atoms with Crippen LogP contribution in [0.3, 0.4) is 0 Å². The second-order valence-corrected chi connectivity index (χ2v) is 7.22. The van der Waals surface area contributed by atoms with Gasteiger partial charge < -0.3 is 9.64 Å². The van der Waals surface area contributed by atoms with E-state index in [0.29, 0.717) is 31.9 Å². The van der Waals surface area contributed by atoms with E-state index >= 15 is 0 Å². The largest absolute Gasteiger partial charge is 0.378 e. The standard InChI is InChI=1S/C23H21N5O2/c1-16-25-21-7-6-20(17-8-10-24-11-9-17)26-22(21)28(16)19-4-2-18(3-5-19)23(29)27-12-14-30-15-13-27/h2-11H,12-15H2,1H3. The van der Waals surface area contributed by atoms with Gasteiger partial charge in [-0.2, -0.15) is 0 Å². The van der Waals surface area contributed by atoms with Crippen LogP contribution < -0.4 is 0 Å². The summed E-state index contributed by atoms with van der Waals surface area (Å²) in [5, 5.41) is 0. The van der Waals surface area contributed by atoms with Crippen LogP contribution in [-0.2, 0) is 4.74 Å². The number of aromatic nitrogens is 4. The Morgan fingerprint density at radius 3 is 2.40 bits per heavy atom. The van der Waals surface area contributed by atoms with E-state index in [1.807, 2.05) is 64.9 Å². The Morgan fingerprint density at radius 2 is 1.67 bits per heavy atom. The highest BCUT2D eigenvalue weighted by Gasteiger charge is 2.19. The number of pyridine rings is 2. The SMILES string of the molecule is Cc1nc2ccc(-c3ccncc3)nc2n1-c1ccc(C(=O)N2CCOCC2)cc1. The monoisotopic (exact) mass is 399 g/mol.